The highest BCUT2D eigenvalue weighted by Gasteiger charge is 1.97. The van der Waals surface area contributed by atoms with E-state index >= 15 is 0 Å². The Kier molecular flexibility index (Phi) is 1.58. The molecular formula is C7H7NO2. The molecule has 1 aromatic heterocycles. The zero-order chi connectivity index (χ0) is 7.56. The molecule has 0 saturated heterocycles. The van der Waals surface area contributed by atoms with Gasteiger partial charge in [-0.2, -0.15) is 0 Å². The summed E-state index contributed by atoms with van der Waals surface area (Å²) in [7, 11) is 0. The third-order valence-corrected chi connectivity index (χ3v) is 1.17. The van der Waals surface area contributed by atoms with Gasteiger partial charge in [-0.1, -0.05) is 12.7 Å². The van der Waals surface area contributed by atoms with Crippen molar-refractivity contribution in [3.05, 3.63) is 34.8 Å². The second-order valence-corrected chi connectivity index (χ2v) is 1.83. The van der Waals surface area contributed by atoms with Gasteiger partial charge in [0.15, 0.2) is 5.75 Å². The normalized spacial score (nSPS) is 9.20. The molecule has 1 heterocycles. The SMILES string of the molecule is C=Cc1c[nH]cc(O)c1=O. The summed E-state index contributed by atoms with van der Waals surface area (Å²) in [6.07, 6.45) is 4.10. The Morgan fingerprint density at radius 1 is 1.60 bits per heavy atom. The van der Waals surface area contributed by atoms with Gasteiger partial charge >= 0.3 is 0 Å². The smallest absolute Gasteiger partial charge is 0.230 e. The lowest BCUT2D eigenvalue weighted by Crippen LogP contribution is -2.03. The zero-order valence-electron chi connectivity index (χ0n) is 5.29. The van der Waals surface area contributed by atoms with Gasteiger partial charge in [0, 0.05) is 18.0 Å². The Labute approximate surface area is 57.6 Å². The first-order chi connectivity index (χ1) is 4.75. The zero-order valence-corrected chi connectivity index (χ0v) is 5.29. The fourth-order valence-corrected chi connectivity index (χ4v) is 0.641. The molecular weight excluding hydrogens is 130 g/mol. The Bertz CT molecular complexity index is 301. The number of pyridine rings is 1. The molecule has 0 aliphatic carbocycles. The second kappa shape index (κ2) is 2.39. The highest BCUT2D eigenvalue weighted by molar-refractivity contribution is 5.47. The maximum atomic E-state index is 10.9. The number of nitrogens with one attached hydrogen (secondary N) is 1. The Balaban J connectivity index is 3.42. The van der Waals surface area contributed by atoms with Crippen LogP contribution in [-0.2, 0) is 0 Å². The molecule has 0 aliphatic rings. The van der Waals surface area contributed by atoms with Gasteiger partial charge in [0.05, 0.1) is 0 Å². The largest absolute Gasteiger partial charge is 0.503 e. The average Bonchev–Trinajstić information content (AvgIpc) is 1.95. The van der Waals surface area contributed by atoms with Gasteiger partial charge in [-0.05, 0) is 0 Å². The molecule has 10 heavy (non-hydrogen) atoms. The minimum absolute atomic E-state index is 0.280. The highest BCUT2D eigenvalue weighted by atomic mass is 16.3. The summed E-state index contributed by atoms with van der Waals surface area (Å²) in [5.74, 6) is -0.280. The second-order valence-electron chi connectivity index (χ2n) is 1.83. The first kappa shape index (κ1) is 6.61. The molecule has 0 aromatic carbocycles. The molecule has 1 rings (SSSR count). The van der Waals surface area contributed by atoms with E-state index in [9.17, 15) is 4.79 Å². The predicted octanol–water partition coefficient (Wildman–Crippen LogP) is 0.723. The molecule has 0 aliphatic heterocycles. The minimum Gasteiger partial charge on any atom is -0.503 e. The number of rotatable bonds is 1. The molecule has 0 saturated carbocycles. The van der Waals surface area contributed by atoms with E-state index in [4.69, 9.17) is 5.11 Å². The highest BCUT2D eigenvalue weighted by Crippen LogP contribution is 1.99. The minimum atomic E-state index is -0.395. The van der Waals surface area contributed by atoms with E-state index in [0.717, 1.165) is 0 Å². The van der Waals surface area contributed by atoms with E-state index in [0.29, 0.717) is 5.56 Å². The maximum absolute atomic E-state index is 10.9. The summed E-state index contributed by atoms with van der Waals surface area (Å²) in [6, 6.07) is 0. The lowest BCUT2D eigenvalue weighted by Gasteiger charge is -1.91. The summed E-state index contributed by atoms with van der Waals surface area (Å²) in [5, 5.41) is 8.84. The fourth-order valence-electron chi connectivity index (χ4n) is 0.641. The molecule has 2 N–H and O–H groups in total. The van der Waals surface area contributed by atoms with Crippen molar-refractivity contribution in [2.45, 2.75) is 0 Å². The van der Waals surface area contributed by atoms with Crippen molar-refractivity contribution in [2.24, 2.45) is 0 Å². The molecule has 52 valence electrons. The van der Waals surface area contributed by atoms with Crippen LogP contribution in [0.15, 0.2) is 23.8 Å². The molecule has 0 atom stereocenters. The van der Waals surface area contributed by atoms with E-state index in [2.05, 4.69) is 11.6 Å². The molecule has 0 amide bonds. The lowest BCUT2D eigenvalue weighted by molar-refractivity contribution is 0.467. The standard InChI is InChI=1S/C7H7NO2/c1-2-5-3-8-4-6(9)7(5)10/h2-4,9H,1H2,(H,8,10). The van der Waals surface area contributed by atoms with Crippen LogP contribution in [0.3, 0.4) is 0 Å². The fraction of sp³-hybridized carbons (Fsp3) is 0. The summed E-state index contributed by atoms with van der Waals surface area (Å²) in [4.78, 5) is 13.5. The van der Waals surface area contributed by atoms with Crippen molar-refractivity contribution in [1.29, 1.82) is 0 Å². The summed E-state index contributed by atoms with van der Waals surface area (Å²) in [6.45, 7) is 3.40. The number of hydrogen-bond donors (Lipinski definition) is 2. The first-order valence-electron chi connectivity index (χ1n) is 2.78. The number of aromatic amines is 1. The van der Waals surface area contributed by atoms with E-state index in [-0.39, 0.29) is 5.75 Å². The maximum Gasteiger partial charge on any atom is 0.230 e. The van der Waals surface area contributed by atoms with Gasteiger partial charge in [0.1, 0.15) is 0 Å². The van der Waals surface area contributed by atoms with E-state index < -0.39 is 5.43 Å². The van der Waals surface area contributed by atoms with Crippen LogP contribution in [0.2, 0.25) is 0 Å². The van der Waals surface area contributed by atoms with Gasteiger partial charge in [0.25, 0.3) is 0 Å². The number of aromatic hydroxyl groups is 1. The van der Waals surface area contributed by atoms with Crippen LogP contribution in [0, 0.1) is 0 Å². The third-order valence-electron chi connectivity index (χ3n) is 1.17. The van der Waals surface area contributed by atoms with Crippen molar-refractivity contribution >= 4 is 6.08 Å². The van der Waals surface area contributed by atoms with Gasteiger partial charge in [-0.25, -0.2) is 0 Å². The summed E-state index contributed by atoms with van der Waals surface area (Å²) in [5.41, 5.74) is -0.0197. The monoisotopic (exact) mass is 137 g/mol. The Morgan fingerprint density at radius 2 is 2.30 bits per heavy atom. The molecule has 0 bridgehead atoms. The average molecular weight is 137 g/mol. The Morgan fingerprint density at radius 3 is 2.80 bits per heavy atom. The molecule has 3 heteroatoms. The topological polar surface area (TPSA) is 53.1 Å². The van der Waals surface area contributed by atoms with Crippen molar-refractivity contribution in [1.82, 2.24) is 4.98 Å². The lowest BCUT2D eigenvalue weighted by atomic mass is 10.3. The van der Waals surface area contributed by atoms with Crippen LogP contribution in [0.4, 0.5) is 0 Å². The van der Waals surface area contributed by atoms with Crippen LogP contribution >= 0.6 is 0 Å². The van der Waals surface area contributed by atoms with Crippen molar-refractivity contribution in [3.63, 3.8) is 0 Å². The summed E-state index contributed by atoms with van der Waals surface area (Å²) >= 11 is 0. The molecule has 0 fully saturated rings. The van der Waals surface area contributed by atoms with E-state index in [1.807, 2.05) is 0 Å². The molecule has 3 nitrogen and oxygen atoms in total. The number of aromatic nitrogens is 1. The van der Waals surface area contributed by atoms with Gasteiger partial charge < -0.3 is 10.1 Å². The third kappa shape index (κ3) is 0.932. The number of H-pyrrole nitrogens is 1. The molecule has 0 spiro atoms. The molecule has 0 radical (unpaired) electrons. The van der Waals surface area contributed by atoms with Crippen LogP contribution in [-0.4, -0.2) is 10.1 Å². The van der Waals surface area contributed by atoms with Crippen molar-refractivity contribution < 1.29 is 5.11 Å². The van der Waals surface area contributed by atoms with Gasteiger partial charge in [-0.3, -0.25) is 4.79 Å². The van der Waals surface area contributed by atoms with Gasteiger partial charge in [0.2, 0.25) is 5.43 Å². The van der Waals surface area contributed by atoms with Crippen molar-refractivity contribution in [2.75, 3.05) is 0 Å². The summed E-state index contributed by atoms with van der Waals surface area (Å²) < 4.78 is 0. The van der Waals surface area contributed by atoms with Crippen LogP contribution in [0.1, 0.15) is 5.56 Å². The Hall–Kier alpha value is -1.51. The van der Waals surface area contributed by atoms with Crippen molar-refractivity contribution in [3.8, 4) is 5.75 Å². The van der Waals surface area contributed by atoms with Gasteiger partial charge in [-0.15, -0.1) is 0 Å². The van der Waals surface area contributed by atoms with Crippen LogP contribution < -0.4 is 5.43 Å². The molecule has 0 unspecified atom stereocenters. The predicted molar refractivity (Wildman–Crippen MR) is 38.8 cm³/mol. The number of hydrogen-bond acceptors (Lipinski definition) is 2. The van der Waals surface area contributed by atoms with Crippen LogP contribution in [0.25, 0.3) is 6.08 Å². The quantitative estimate of drug-likeness (QED) is 0.599. The van der Waals surface area contributed by atoms with E-state index in [1.54, 1.807) is 0 Å². The molecule has 1 aromatic rings. The first-order valence-corrected chi connectivity index (χ1v) is 2.78. The van der Waals surface area contributed by atoms with Crippen LogP contribution in [0.5, 0.6) is 5.75 Å². The van der Waals surface area contributed by atoms with E-state index in [1.165, 1.54) is 18.5 Å².